The van der Waals surface area contributed by atoms with E-state index in [-0.39, 0.29) is 16.0 Å². The van der Waals surface area contributed by atoms with Crippen LogP contribution in [-0.4, -0.2) is 64.1 Å². The zero-order chi connectivity index (χ0) is 26.5. The number of halogens is 3. The smallest absolute Gasteiger partial charge is 0.348 e. The molecule has 36 heavy (non-hydrogen) atoms. The molecule has 2 aromatic rings. The molecule has 3 amide bonds. The van der Waals surface area contributed by atoms with E-state index >= 15 is 0 Å². The first-order valence-corrected chi connectivity index (χ1v) is 12.8. The van der Waals surface area contributed by atoms with E-state index in [1.54, 1.807) is 0 Å². The summed E-state index contributed by atoms with van der Waals surface area (Å²) in [4.78, 5) is 37.3. The van der Waals surface area contributed by atoms with Crippen LogP contribution in [0.3, 0.4) is 0 Å². The molecule has 4 N–H and O–H groups in total. The van der Waals surface area contributed by atoms with Crippen LogP contribution >= 0.6 is 0 Å². The summed E-state index contributed by atoms with van der Waals surface area (Å²) >= 11 is 0. The summed E-state index contributed by atoms with van der Waals surface area (Å²) in [6.45, 7) is 0.446. The highest BCUT2D eigenvalue weighted by molar-refractivity contribution is 7.90. The molecule has 9 nitrogen and oxygen atoms in total. The van der Waals surface area contributed by atoms with Crippen LogP contribution in [0.15, 0.2) is 53.4 Å². The van der Waals surface area contributed by atoms with Crippen LogP contribution in [0.5, 0.6) is 0 Å². The molecule has 0 bridgehead atoms. The van der Waals surface area contributed by atoms with Gasteiger partial charge >= 0.3 is 6.18 Å². The lowest BCUT2D eigenvalue weighted by atomic mass is 10.00. The Kier molecular flexibility index (Phi) is 8.35. The van der Waals surface area contributed by atoms with Crippen LogP contribution in [0.4, 0.5) is 13.2 Å². The molecule has 0 radical (unpaired) electrons. The fourth-order valence-corrected chi connectivity index (χ4v) is 4.28. The molecule has 1 aliphatic rings. The molecule has 1 aliphatic heterocycles. The van der Waals surface area contributed by atoms with E-state index in [1.165, 1.54) is 30.3 Å². The van der Waals surface area contributed by atoms with Gasteiger partial charge in [0.15, 0.2) is 9.84 Å². The third-order valence-corrected chi connectivity index (χ3v) is 6.68. The first kappa shape index (κ1) is 27.1. The van der Waals surface area contributed by atoms with E-state index in [0.717, 1.165) is 18.4 Å². The minimum absolute atomic E-state index is 0.0817. The van der Waals surface area contributed by atoms with Crippen LogP contribution in [0.25, 0.3) is 0 Å². The predicted molar refractivity (Wildman–Crippen MR) is 124 cm³/mol. The van der Waals surface area contributed by atoms with Gasteiger partial charge in [0.2, 0.25) is 5.91 Å². The van der Waals surface area contributed by atoms with Crippen LogP contribution in [0.1, 0.15) is 32.7 Å². The number of hydrogen-bond donors (Lipinski definition) is 4. The van der Waals surface area contributed by atoms with Crippen LogP contribution in [-0.2, 0) is 20.8 Å². The minimum atomic E-state index is -4.60. The van der Waals surface area contributed by atoms with E-state index in [2.05, 4.69) is 21.3 Å². The van der Waals surface area contributed by atoms with Gasteiger partial charge in [-0.1, -0.05) is 6.07 Å². The zero-order valence-electron chi connectivity index (χ0n) is 19.2. The quantitative estimate of drug-likeness (QED) is 0.427. The average molecular weight is 527 g/mol. The topological polar surface area (TPSA) is 133 Å². The molecule has 13 heteroatoms. The van der Waals surface area contributed by atoms with E-state index in [9.17, 15) is 36.0 Å². The van der Waals surface area contributed by atoms with Gasteiger partial charge in [-0.2, -0.15) is 13.2 Å². The van der Waals surface area contributed by atoms with Gasteiger partial charge in [0.05, 0.1) is 29.1 Å². The molecule has 2 atom stereocenters. The highest BCUT2D eigenvalue weighted by Gasteiger charge is 2.31. The largest absolute Gasteiger partial charge is 0.416 e. The standard InChI is InChI=1S/C23H25F3N4O5S/c1-36(34,35)17-7-5-14(6-8-17)22(33)30-18-9-10-27-12-19(18)29-20(31)13-28-21(32)15-3-2-4-16(11-15)23(24,25)26/h2-8,11,18-19,27H,9-10,12-13H2,1H3,(H,28,32)(H,29,31)(H,30,33)/t18-,19+/m1/s1. The van der Waals surface area contributed by atoms with Gasteiger partial charge in [-0.05, 0) is 55.4 Å². The fraction of sp³-hybridized carbons (Fsp3) is 0.348. The van der Waals surface area contributed by atoms with Crippen molar-refractivity contribution in [2.24, 2.45) is 0 Å². The number of amides is 3. The highest BCUT2D eigenvalue weighted by atomic mass is 32.2. The second-order valence-electron chi connectivity index (χ2n) is 8.30. The summed E-state index contributed by atoms with van der Waals surface area (Å²) in [7, 11) is -3.40. The van der Waals surface area contributed by atoms with Crippen LogP contribution in [0.2, 0.25) is 0 Å². The Morgan fingerprint density at radius 1 is 0.972 bits per heavy atom. The van der Waals surface area contributed by atoms with Crippen molar-refractivity contribution in [1.29, 1.82) is 0 Å². The van der Waals surface area contributed by atoms with Crippen molar-refractivity contribution in [2.75, 3.05) is 25.9 Å². The summed E-state index contributed by atoms with van der Waals surface area (Å²) in [5.41, 5.74) is -0.958. The highest BCUT2D eigenvalue weighted by Crippen LogP contribution is 2.29. The number of benzene rings is 2. The van der Waals surface area contributed by atoms with Gasteiger partial charge in [-0.25, -0.2) is 8.42 Å². The summed E-state index contributed by atoms with van der Waals surface area (Å²) in [5.74, 6) is -1.86. The van der Waals surface area contributed by atoms with Gasteiger partial charge in [-0.3, -0.25) is 14.4 Å². The van der Waals surface area contributed by atoms with Gasteiger partial charge in [0.1, 0.15) is 0 Å². The second-order valence-corrected chi connectivity index (χ2v) is 10.3. The number of nitrogens with one attached hydrogen (secondary N) is 4. The van der Waals surface area contributed by atoms with E-state index in [4.69, 9.17) is 0 Å². The predicted octanol–water partition coefficient (Wildman–Crippen LogP) is 1.12. The number of sulfone groups is 1. The van der Waals surface area contributed by atoms with Gasteiger partial charge in [0.25, 0.3) is 11.8 Å². The molecule has 2 aromatic carbocycles. The second kappa shape index (κ2) is 11.1. The molecule has 0 aromatic heterocycles. The number of alkyl halides is 3. The number of carbonyl (C=O) groups excluding carboxylic acids is 3. The fourth-order valence-electron chi connectivity index (χ4n) is 3.65. The van der Waals surface area contributed by atoms with Gasteiger partial charge in [0, 0.05) is 23.9 Å². The van der Waals surface area contributed by atoms with Crippen LogP contribution < -0.4 is 21.3 Å². The normalized spacial score (nSPS) is 18.2. The Morgan fingerprint density at radius 2 is 1.67 bits per heavy atom. The third-order valence-electron chi connectivity index (χ3n) is 5.55. The van der Waals surface area contributed by atoms with E-state index < -0.39 is 57.9 Å². The summed E-state index contributed by atoms with van der Waals surface area (Å²) in [6.07, 6.45) is -3.04. The third kappa shape index (κ3) is 7.28. The van der Waals surface area contributed by atoms with Crippen molar-refractivity contribution in [3.8, 4) is 0 Å². The Hall–Kier alpha value is -3.45. The maximum Gasteiger partial charge on any atom is 0.416 e. The molecule has 1 heterocycles. The molecular formula is C23H25F3N4O5S. The maximum absolute atomic E-state index is 12.9. The minimum Gasteiger partial charge on any atom is -0.348 e. The zero-order valence-corrected chi connectivity index (χ0v) is 20.0. The van der Waals surface area contributed by atoms with Crippen LogP contribution in [0, 0.1) is 0 Å². The van der Waals surface area contributed by atoms with Crippen molar-refractivity contribution < 1.29 is 36.0 Å². The monoisotopic (exact) mass is 526 g/mol. The number of rotatable bonds is 7. The first-order valence-electron chi connectivity index (χ1n) is 10.9. The molecule has 0 saturated carbocycles. The van der Waals surface area contributed by atoms with Gasteiger partial charge < -0.3 is 21.3 Å². The lowest BCUT2D eigenvalue weighted by Gasteiger charge is -2.33. The Morgan fingerprint density at radius 3 is 2.31 bits per heavy atom. The molecule has 0 spiro atoms. The Balaban J connectivity index is 1.56. The van der Waals surface area contributed by atoms with Crippen molar-refractivity contribution in [3.63, 3.8) is 0 Å². The number of hydrogen-bond acceptors (Lipinski definition) is 6. The van der Waals surface area contributed by atoms with Crippen molar-refractivity contribution in [1.82, 2.24) is 21.3 Å². The van der Waals surface area contributed by atoms with E-state index in [1.807, 2.05) is 0 Å². The lowest BCUT2D eigenvalue weighted by molar-refractivity contribution is -0.137. The lowest BCUT2D eigenvalue weighted by Crippen LogP contribution is -2.60. The number of piperidine rings is 1. The maximum atomic E-state index is 12.9. The Labute approximate surface area is 205 Å². The van der Waals surface area contributed by atoms with Crippen molar-refractivity contribution >= 4 is 27.6 Å². The molecular weight excluding hydrogens is 501 g/mol. The summed E-state index contributed by atoms with van der Waals surface area (Å²) in [6, 6.07) is 8.34. The molecule has 0 aliphatic carbocycles. The molecule has 3 rings (SSSR count). The van der Waals surface area contributed by atoms with Crippen molar-refractivity contribution in [2.45, 2.75) is 29.6 Å². The average Bonchev–Trinajstić information content (AvgIpc) is 2.83. The summed E-state index contributed by atoms with van der Waals surface area (Å²) in [5, 5.41) is 10.9. The molecule has 1 fully saturated rings. The Bertz CT molecular complexity index is 1230. The molecule has 1 saturated heterocycles. The van der Waals surface area contributed by atoms with E-state index in [0.29, 0.717) is 25.6 Å². The van der Waals surface area contributed by atoms with Crippen molar-refractivity contribution in [3.05, 3.63) is 65.2 Å². The van der Waals surface area contributed by atoms with Gasteiger partial charge in [-0.15, -0.1) is 0 Å². The first-order chi connectivity index (χ1) is 16.8. The SMILES string of the molecule is CS(=O)(=O)c1ccc(C(=O)N[C@@H]2CCNC[C@@H]2NC(=O)CNC(=O)c2cccc(C(F)(F)F)c2)cc1. The molecule has 0 unspecified atom stereocenters. The summed E-state index contributed by atoms with van der Waals surface area (Å²) < 4.78 is 61.7. The number of carbonyl (C=O) groups is 3. The molecule has 194 valence electrons.